The Hall–Kier alpha value is -1.43. The maximum absolute atomic E-state index is 4.23. The molecule has 0 bridgehead atoms. The summed E-state index contributed by atoms with van der Waals surface area (Å²) in [6, 6.07) is 0. The normalized spacial score (nSPS) is 10.4. The van der Waals surface area contributed by atoms with Crippen molar-refractivity contribution < 1.29 is 0 Å². The van der Waals surface area contributed by atoms with Crippen LogP contribution in [0.1, 0.15) is 6.92 Å². The van der Waals surface area contributed by atoms with Gasteiger partial charge in [0, 0.05) is 26.0 Å². The quantitative estimate of drug-likeness (QED) is 0.829. The third-order valence-electron chi connectivity index (χ3n) is 1.87. The number of nitrogens with zero attached hydrogens (tertiary/aromatic N) is 4. The molecule has 5 nitrogen and oxygen atoms in total. The van der Waals surface area contributed by atoms with Gasteiger partial charge in [-0.25, -0.2) is 4.98 Å². The van der Waals surface area contributed by atoms with Crippen LogP contribution in [0.25, 0.3) is 11.5 Å². The van der Waals surface area contributed by atoms with Crippen LogP contribution in [0.5, 0.6) is 0 Å². The molecule has 0 spiro atoms. The number of hydrogen-bond acceptors (Lipinski definition) is 5. The Labute approximate surface area is 86.1 Å². The van der Waals surface area contributed by atoms with Crippen LogP contribution in [0.2, 0.25) is 0 Å². The van der Waals surface area contributed by atoms with Gasteiger partial charge in [-0.15, -0.1) is 0 Å². The first-order valence-electron chi connectivity index (χ1n) is 4.37. The zero-order chi connectivity index (χ0) is 9.97. The van der Waals surface area contributed by atoms with Gasteiger partial charge in [0.2, 0.25) is 0 Å². The Balaban J connectivity index is 2.41. The minimum absolute atomic E-state index is 0.812. The van der Waals surface area contributed by atoms with Gasteiger partial charge in [-0.05, 0) is 6.92 Å². The van der Waals surface area contributed by atoms with E-state index in [2.05, 4.69) is 19.0 Å². The van der Waals surface area contributed by atoms with E-state index < -0.39 is 0 Å². The van der Waals surface area contributed by atoms with E-state index in [9.17, 15) is 0 Å². The summed E-state index contributed by atoms with van der Waals surface area (Å²) in [5, 5.41) is 3.16. The molecule has 0 saturated heterocycles. The SMILES string of the molecule is CCNc1nsnc1-c1nccn1C. The molecule has 0 aliphatic heterocycles. The second-order valence-corrected chi connectivity index (χ2v) is 3.38. The summed E-state index contributed by atoms with van der Waals surface area (Å²) < 4.78 is 10.3. The zero-order valence-electron chi connectivity index (χ0n) is 8.06. The molecule has 0 radical (unpaired) electrons. The van der Waals surface area contributed by atoms with Crippen LogP contribution in [0.4, 0.5) is 5.82 Å². The van der Waals surface area contributed by atoms with Crippen molar-refractivity contribution in [3.05, 3.63) is 12.4 Å². The number of rotatable bonds is 3. The van der Waals surface area contributed by atoms with Crippen molar-refractivity contribution in [1.82, 2.24) is 18.3 Å². The van der Waals surface area contributed by atoms with E-state index in [1.54, 1.807) is 6.20 Å². The summed E-state index contributed by atoms with van der Waals surface area (Å²) >= 11 is 1.20. The molecule has 74 valence electrons. The van der Waals surface area contributed by atoms with Crippen molar-refractivity contribution in [2.24, 2.45) is 7.05 Å². The number of nitrogens with one attached hydrogen (secondary N) is 1. The minimum atomic E-state index is 0.812. The van der Waals surface area contributed by atoms with Crippen LogP contribution < -0.4 is 5.32 Å². The molecule has 0 saturated carbocycles. The Morgan fingerprint density at radius 2 is 2.36 bits per heavy atom. The van der Waals surface area contributed by atoms with Gasteiger partial charge in [-0.3, -0.25) is 0 Å². The molecule has 0 fully saturated rings. The lowest BCUT2D eigenvalue weighted by atomic mass is 10.4. The molecule has 2 heterocycles. The highest BCUT2D eigenvalue weighted by molar-refractivity contribution is 6.99. The lowest BCUT2D eigenvalue weighted by molar-refractivity contribution is 0.920. The molecule has 2 aromatic heterocycles. The second kappa shape index (κ2) is 3.75. The highest BCUT2D eigenvalue weighted by atomic mass is 32.1. The molecule has 0 amide bonds. The summed E-state index contributed by atoms with van der Waals surface area (Å²) in [5.74, 6) is 1.65. The third kappa shape index (κ3) is 1.48. The molecular weight excluding hydrogens is 198 g/mol. The highest BCUT2D eigenvalue weighted by Gasteiger charge is 2.13. The van der Waals surface area contributed by atoms with Crippen LogP contribution in [-0.2, 0) is 7.05 Å². The molecule has 0 aliphatic carbocycles. The topological polar surface area (TPSA) is 55.6 Å². The number of aryl methyl sites for hydroxylation is 1. The van der Waals surface area contributed by atoms with Crippen molar-refractivity contribution in [3.8, 4) is 11.5 Å². The summed E-state index contributed by atoms with van der Waals surface area (Å²) in [4.78, 5) is 4.23. The first-order chi connectivity index (χ1) is 6.83. The van der Waals surface area contributed by atoms with Crippen LogP contribution in [0.15, 0.2) is 12.4 Å². The van der Waals surface area contributed by atoms with Crippen molar-refractivity contribution in [1.29, 1.82) is 0 Å². The van der Waals surface area contributed by atoms with E-state index in [0.717, 1.165) is 23.9 Å². The molecule has 0 atom stereocenters. The molecule has 1 N–H and O–H groups in total. The first-order valence-corrected chi connectivity index (χ1v) is 5.10. The Bertz CT molecular complexity index is 419. The van der Waals surface area contributed by atoms with Gasteiger partial charge < -0.3 is 9.88 Å². The molecule has 0 unspecified atom stereocenters. The fourth-order valence-corrected chi connectivity index (χ4v) is 1.74. The number of aromatic nitrogens is 4. The lowest BCUT2D eigenvalue weighted by Gasteiger charge is -2.01. The predicted octanol–water partition coefficient (Wildman–Crippen LogP) is 1.37. The average molecular weight is 209 g/mol. The van der Waals surface area contributed by atoms with Gasteiger partial charge in [0.05, 0.1) is 11.7 Å². The van der Waals surface area contributed by atoms with Crippen LogP contribution in [0.3, 0.4) is 0 Å². The van der Waals surface area contributed by atoms with Gasteiger partial charge in [0.25, 0.3) is 0 Å². The van der Waals surface area contributed by atoms with Crippen molar-refractivity contribution in [3.63, 3.8) is 0 Å². The third-order valence-corrected chi connectivity index (χ3v) is 2.39. The van der Waals surface area contributed by atoms with Crippen molar-refractivity contribution in [2.75, 3.05) is 11.9 Å². The summed E-state index contributed by atoms with van der Waals surface area (Å²) in [6.45, 7) is 2.87. The molecule has 2 aromatic rings. The monoisotopic (exact) mass is 209 g/mol. The van der Waals surface area contributed by atoms with Crippen molar-refractivity contribution in [2.45, 2.75) is 6.92 Å². The molecule has 6 heteroatoms. The Morgan fingerprint density at radius 1 is 1.50 bits per heavy atom. The maximum atomic E-state index is 4.23. The fourth-order valence-electron chi connectivity index (χ4n) is 1.21. The summed E-state index contributed by atoms with van der Waals surface area (Å²) in [5.41, 5.74) is 0.823. The Kier molecular flexibility index (Phi) is 2.45. The Morgan fingerprint density at radius 3 is 3.00 bits per heavy atom. The predicted molar refractivity (Wildman–Crippen MR) is 56.3 cm³/mol. The average Bonchev–Trinajstić information content (AvgIpc) is 2.74. The number of anilines is 1. The largest absolute Gasteiger partial charge is 0.368 e. The molecule has 0 aromatic carbocycles. The number of imidazole rings is 1. The van der Waals surface area contributed by atoms with E-state index in [0.29, 0.717) is 0 Å². The van der Waals surface area contributed by atoms with Gasteiger partial charge in [0.1, 0.15) is 0 Å². The molecule has 14 heavy (non-hydrogen) atoms. The maximum Gasteiger partial charge on any atom is 0.171 e. The van der Waals surface area contributed by atoms with Gasteiger partial charge in [0.15, 0.2) is 17.3 Å². The number of hydrogen-bond donors (Lipinski definition) is 1. The standard InChI is InChI=1S/C8H11N5S/c1-3-9-7-6(11-14-12-7)8-10-4-5-13(8)2/h4-5H,3H2,1-2H3,(H,9,12). The molecule has 2 rings (SSSR count). The van der Waals surface area contributed by atoms with E-state index in [-0.39, 0.29) is 0 Å². The minimum Gasteiger partial charge on any atom is -0.368 e. The van der Waals surface area contributed by atoms with E-state index in [1.165, 1.54) is 11.7 Å². The van der Waals surface area contributed by atoms with E-state index >= 15 is 0 Å². The second-order valence-electron chi connectivity index (χ2n) is 2.85. The summed E-state index contributed by atoms with van der Waals surface area (Å²) in [6.07, 6.45) is 3.65. The molecular formula is C8H11N5S. The van der Waals surface area contributed by atoms with Crippen LogP contribution in [0, 0.1) is 0 Å². The van der Waals surface area contributed by atoms with Crippen molar-refractivity contribution >= 4 is 17.5 Å². The van der Waals surface area contributed by atoms with Gasteiger partial charge >= 0.3 is 0 Å². The fraction of sp³-hybridized carbons (Fsp3) is 0.375. The molecule has 0 aliphatic rings. The zero-order valence-corrected chi connectivity index (χ0v) is 8.88. The smallest absolute Gasteiger partial charge is 0.171 e. The van der Waals surface area contributed by atoms with Gasteiger partial charge in [-0.2, -0.15) is 8.75 Å². The highest BCUT2D eigenvalue weighted by Crippen LogP contribution is 2.23. The van der Waals surface area contributed by atoms with E-state index in [4.69, 9.17) is 0 Å². The first kappa shape index (κ1) is 9.14. The van der Waals surface area contributed by atoms with Gasteiger partial charge in [-0.1, -0.05) is 0 Å². The van der Waals surface area contributed by atoms with E-state index in [1.807, 2.05) is 24.7 Å². The lowest BCUT2D eigenvalue weighted by Crippen LogP contribution is -2.00. The summed E-state index contributed by atoms with van der Waals surface area (Å²) in [7, 11) is 1.94. The van der Waals surface area contributed by atoms with Crippen LogP contribution >= 0.6 is 11.7 Å². The van der Waals surface area contributed by atoms with Crippen LogP contribution in [-0.4, -0.2) is 24.8 Å².